The lowest BCUT2D eigenvalue weighted by Crippen LogP contribution is -2.23. The highest BCUT2D eigenvalue weighted by Crippen LogP contribution is 2.15. The van der Waals surface area contributed by atoms with Crippen LogP contribution in [0, 0.1) is 0 Å². The minimum atomic E-state index is 0.721. The molecule has 2 aromatic heterocycles. The summed E-state index contributed by atoms with van der Waals surface area (Å²) in [5, 5.41) is 3.31. The van der Waals surface area contributed by atoms with Crippen molar-refractivity contribution >= 4 is 5.82 Å². The first-order valence-corrected chi connectivity index (χ1v) is 7.25. The van der Waals surface area contributed by atoms with E-state index in [9.17, 15) is 0 Å². The zero-order valence-corrected chi connectivity index (χ0v) is 12.7. The van der Waals surface area contributed by atoms with Crippen molar-refractivity contribution in [1.29, 1.82) is 0 Å². The number of rotatable bonds is 9. The van der Waals surface area contributed by atoms with Gasteiger partial charge in [0.05, 0.1) is 19.4 Å². The van der Waals surface area contributed by atoms with Gasteiger partial charge in [0, 0.05) is 32.9 Å². The maximum absolute atomic E-state index is 5.40. The average Bonchev–Trinajstić information content (AvgIpc) is 3.03. The highest BCUT2D eigenvalue weighted by Gasteiger charge is 2.08. The Hall–Kier alpha value is -1.85. The van der Waals surface area contributed by atoms with Crippen LogP contribution in [0.3, 0.4) is 0 Å². The third-order valence-corrected chi connectivity index (χ3v) is 3.25. The van der Waals surface area contributed by atoms with E-state index in [2.05, 4.69) is 34.3 Å². The number of hydrogen-bond donors (Lipinski definition) is 1. The topological polar surface area (TPSA) is 50.5 Å². The van der Waals surface area contributed by atoms with Crippen LogP contribution in [-0.4, -0.2) is 31.8 Å². The van der Waals surface area contributed by atoms with Crippen LogP contribution in [0.4, 0.5) is 5.82 Å². The summed E-state index contributed by atoms with van der Waals surface area (Å²) in [4.78, 5) is 6.72. The molecule has 1 N–H and O–H groups in total. The van der Waals surface area contributed by atoms with E-state index in [0.29, 0.717) is 0 Å². The lowest BCUT2D eigenvalue weighted by molar-refractivity contribution is 0.199. The smallest absolute Gasteiger partial charge is 0.128 e. The molecule has 2 rings (SSSR count). The van der Waals surface area contributed by atoms with Gasteiger partial charge in [0.25, 0.3) is 0 Å². The summed E-state index contributed by atoms with van der Waals surface area (Å²) in [6.45, 7) is 6.11. The molecule has 5 heteroatoms. The summed E-state index contributed by atoms with van der Waals surface area (Å²) in [5.74, 6) is 1.92. The highest BCUT2D eigenvalue weighted by molar-refractivity contribution is 5.39. The van der Waals surface area contributed by atoms with Crippen molar-refractivity contribution in [1.82, 2.24) is 10.3 Å². The van der Waals surface area contributed by atoms with E-state index in [-0.39, 0.29) is 0 Å². The fraction of sp³-hybridized carbons (Fsp3) is 0.438. The third-order valence-electron chi connectivity index (χ3n) is 3.25. The SMILES string of the molecule is CCN(Cc1ccco1)c1ccc(CNCCOC)cn1. The molecule has 0 aliphatic rings. The Morgan fingerprint density at radius 1 is 1.33 bits per heavy atom. The van der Waals surface area contributed by atoms with Gasteiger partial charge < -0.3 is 19.4 Å². The first-order valence-electron chi connectivity index (χ1n) is 7.25. The molecule has 0 radical (unpaired) electrons. The Bertz CT molecular complexity index is 497. The molecule has 2 aromatic rings. The maximum Gasteiger partial charge on any atom is 0.128 e. The fourth-order valence-corrected chi connectivity index (χ4v) is 2.06. The Balaban J connectivity index is 1.90. The van der Waals surface area contributed by atoms with Crippen LogP contribution in [-0.2, 0) is 17.8 Å². The molecular weight excluding hydrogens is 266 g/mol. The molecule has 0 bridgehead atoms. The quantitative estimate of drug-likeness (QED) is 0.719. The van der Waals surface area contributed by atoms with Gasteiger partial charge in [-0.25, -0.2) is 4.98 Å². The highest BCUT2D eigenvalue weighted by atomic mass is 16.5. The van der Waals surface area contributed by atoms with Gasteiger partial charge in [-0.1, -0.05) is 6.07 Å². The Morgan fingerprint density at radius 2 is 2.24 bits per heavy atom. The van der Waals surface area contributed by atoms with Crippen molar-refractivity contribution < 1.29 is 9.15 Å². The maximum atomic E-state index is 5.40. The molecule has 21 heavy (non-hydrogen) atoms. The van der Waals surface area contributed by atoms with Gasteiger partial charge >= 0.3 is 0 Å². The first-order chi connectivity index (χ1) is 10.3. The van der Waals surface area contributed by atoms with Crippen LogP contribution in [0.2, 0.25) is 0 Å². The normalized spacial score (nSPS) is 10.8. The standard InChI is InChI=1S/C16H23N3O2/c1-3-19(13-15-5-4-9-21-15)16-7-6-14(12-18-16)11-17-8-10-20-2/h4-7,9,12,17H,3,8,10-11,13H2,1-2H3. The average molecular weight is 289 g/mol. The van der Waals surface area contributed by atoms with Crippen molar-refractivity contribution in [3.63, 3.8) is 0 Å². The van der Waals surface area contributed by atoms with Crippen LogP contribution in [0.1, 0.15) is 18.2 Å². The Labute approximate surface area is 125 Å². The Kier molecular flexibility index (Phi) is 6.24. The zero-order chi connectivity index (χ0) is 14.9. The van der Waals surface area contributed by atoms with Gasteiger partial charge in [0.2, 0.25) is 0 Å². The largest absolute Gasteiger partial charge is 0.467 e. The van der Waals surface area contributed by atoms with Gasteiger partial charge in [-0.15, -0.1) is 0 Å². The Morgan fingerprint density at radius 3 is 2.86 bits per heavy atom. The molecule has 0 unspecified atom stereocenters. The van der Waals surface area contributed by atoms with Crippen molar-refractivity contribution in [3.05, 3.63) is 48.0 Å². The van der Waals surface area contributed by atoms with E-state index in [4.69, 9.17) is 9.15 Å². The molecular formula is C16H23N3O2. The van der Waals surface area contributed by atoms with Crippen LogP contribution in [0.5, 0.6) is 0 Å². The van der Waals surface area contributed by atoms with Crippen molar-refractivity contribution in [3.8, 4) is 0 Å². The van der Waals surface area contributed by atoms with Gasteiger partial charge in [-0.05, 0) is 30.7 Å². The number of methoxy groups -OCH3 is 1. The van der Waals surface area contributed by atoms with Crippen molar-refractivity contribution in [2.45, 2.75) is 20.0 Å². The van der Waals surface area contributed by atoms with Crippen LogP contribution >= 0.6 is 0 Å². The fourth-order valence-electron chi connectivity index (χ4n) is 2.06. The van der Waals surface area contributed by atoms with E-state index in [1.807, 2.05) is 18.3 Å². The molecule has 0 amide bonds. The minimum Gasteiger partial charge on any atom is -0.467 e. The molecule has 5 nitrogen and oxygen atoms in total. The van der Waals surface area contributed by atoms with Gasteiger partial charge in [-0.3, -0.25) is 0 Å². The molecule has 0 saturated carbocycles. The lowest BCUT2D eigenvalue weighted by atomic mass is 10.2. The number of furan rings is 1. The number of ether oxygens (including phenoxy) is 1. The number of hydrogen-bond acceptors (Lipinski definition) is 5. The molecule has 0 aromatic carbocycles. The van der Waals surface area contributed by atoms with E-state index in [0.717, 1.165) is 44.4 Å². The second-order valence-electron chi connectivity index (χ2n) is 4.79. The molecule has 2 heterocycles. The zero-order valence-electron chi connectivity index (χ0n) is 12.7. The predicted octanol–water partition coefficient (Wildman–Crippen LogP) is 2.44. The van der Waals surface area contributed by atoms with Crippen molar-refractivity contribution in [2.24, 2.45) is 0 Å². The molecule has 0 atom stereocenters. The molecule has 0 spiro atoms. The number of aromatic nitrogens is 1. The summed E-state index contributed by atoms with van der Waals surface area (Å²) in [7, 11) is 1.70. The summed E-state index contributed by atoms with van der Waals surface area (Å²) < 4.78 is 10.4. The molecule has 0 saturated heterocycles. The number of nitrogens with one attached hydrogen (secondary N) is 1. The number of anilines is 1. The van der Waals surface area contributed by atoms with E-state index in [1.54, 1.807) is 13.4 Å². The second-order valence-corrected chi connectivity index (χ2v) is 4.79. The molecule has 114 valence electrons. The summed E-state index contributed by atoms with van der Waals surface area (Å²) >= 11 is 0. The van der Waals surface area contributed by atoms with E-state index < -0.39 is 0 Å². The third kappa shape index (κ3) is 4.88. The van der Waals surface area contributed by atoms with E-state index in [1.165, 1.54) is 5.56 Å². The monoisotopic (exact) mass is 289 g/mol. The minimum absolute atomic E-state index is 0.721. The van der Waals surface area contributed by atoms with Gasteiger partial charge in [0.15, 0.2) is 0 Å². The van der Waals surface area contributed by atoms with Crippen molar-refractivity contribution in [2.75, 3.05) is 31.7 Å². The molecule has 0 aliphatic heterocycles. The summed E-state index contributed by atoms with van der Waals surface area (Å²) in [5.41, 5.74) is 1.17. The molecule has 0 aliphatic carbocycles. The second kappa shape index (κ2) is 8.44. The number of nitrogens with zero attached hydrogens (tertiary/aromatic N) is 2. The first kappa shape index (κ1) is 15.5. The van der Waals surface area contributed by atoms with Crippen LogP contribution < -0.4 is 10.2 Å². The predicted molar refractivity (Wildman–Crippen MR) is 83.3 cm³/mol. The van der Waals surface area contributed by atoms with Gasteiger partial charge in [0.1, 0.15) is 11.6 Å². The van der Waals surface area contributed by atoms with Crippen LogP contribution in [0.25, 0.3) is 0 Å². The van der Waals surface area contributed by atoms with E-state index >= 15 is 0 Å². The molecule has 0 fully saturated rings. The summed E-state index contributed by atoms with van der Waals surface area (Å²) in [6.07, 6.45) is 3.62. The summed E-state index contributed by atoms with van der Waals surface area (Å²) in [6, 6.07) is 8.05. The van der Waals surface area contributed by atoms with Crippen LogP contribution in [0.15, 0.2) is 41.1 Å². The number of pyridine rings is 1. The lowest BCUT2D eigenvalue weighted by Gasteiger charge is -2.20. The van der Waals surface area contributed by atoms with Gasteiger partial charge in [-0.2, -0.15) is 0 Å².